The van der Waals surface area contributed by atoms with Gasteiger partial charge in [-0.15, -0.1) is 0 Å². The van der Waals surface area contributed by atoms with Crippen LogP contribution in [0.3, 0.4) is 0 Å². The van der Waals surface area contributed by atoms with Crippen molar-refractivity contribution in [2.75, 3.05) is 44.2 Å². The molecule has 4 nitrogen and oxygen atoms in total. The minimum atomic E-state index is -4.51. The fraction of sp³-hybridized carbons (Fsp3) is 0.632. The van der Waals surface area contributed by atoms with Crippen molar-refractivity contribution in [2.24, 2.45) is 0 Å². The van der Waals surface area contributed by atoms with Crippen molar-refractivity contribution < 1.29 is 31.1 Å². The van der Waals surface area contributed by atoms with Crippen LogP contribution in [0.5, 0.6) is 0 Å². The van der Waals surface area contributed by atoms with Crippen LogP contribution in [0.1, 0.15) is 24.8 Å². The lowest BCUT2D eigenvalue weighted by Crippen LogP contribution is -2.56. The quantitative estimate of drug-likeness (QED) is 0.693. The molecular formula is C19H23F6N3O. The summed E-state index contributed by atoms with van der Waals surface area (Å²) < 4.78 is 76.2. The van der Waals surface area contributed by atoms with Gasteiger partial charge in [0, 0.05) is 51.0 Å². The number of piperidine rings is 1. The van der Waals surface area contributed by atoms with E-state index in [4.69, 9.17) is 0 Å². The first-order valence-corrected chi connectivity index (χ1v) is 9.54. The number of benzene rings is 1. The maximum Gasteiger partial charge on any atom is 0.416 e. The molecule has 1 aromatic carbocycles. The van der Waals surface area contributed by atoms with Gasteiger partial charge in [-0.05, 0) is 31.0 Å². The number of likely N-dealkylation sites (tertiary alicyclic amines) is 1. The van der Waals surface area contributed by atoms with Crippen LogP contribution in [-0.2, 0) is 11.0 Å². The summed E-state index contributed by atoms with van der Waals surface area (Å²) in [7, 11) is 0. The zero-order valence-corrected chi connectivity index (χ0v) is 15.8. The lowest BCUT2D eigenvalue weighted by molar-refractivity contribution is -0.162. The number of hydrogen-bond acceptors (Lipinski definition) is 3. The first kappa shape index (κ1) is 21.7. The smallest absolute Gasteiger partial charge is 0.369 e. The second-order valence-electron chi connectivity index (χ2n) is 7.50. The number of alkyl halides is 6. The van der Waals surface area contributed by atoms with Gasteiger partial charge in [0.05, 0.1) is 5.56 Å². The van der Waals surface area contributed by atoms with Crippen molar-refractivity contribution in [2.45, 2.75) is 37.7 Å². The number of nitrogens with zero attached hydrogens (tertiary/aromatic N) is 3. The van der Waals surface area contributed by atoms with Gasteiger partial charge in [0.15, 0.2) is 0 Å². The lowest BCUT2D eigenvalue weighted by atomic mass is 10.0. The number of carbonyl (C=O) groups excluding carboxylic acids is 1. The molecule has 0 aliphatic carbocycles. The van der Waals surface area contributed by atoms with Crippen LogP contribution in [-0.4, -0.2) is 67.2 Å². The molecule has 1 unspecified atom stereocenters. The molecule has 0 radical (unpaired) electrons. The Kier molecular flexibility index (Phi) is 6.30. The third-order valence-corrected chi connectivity index (χ3v) is 5.47. The third kappa shape index (κ3) is 5.77. The van der Waals surface area contributed by atoms with Crippen LogP contribution in [0.25, 0.3) is 0 Å². The van der Waals surface area contributed by atoms with Gasteiger partial charge in [-0.3, -0.25) is 9.69 Å². The largest absolute Gasteiger partial charge is 0.416 e. The van der Waals surface area contributed by atoms with E-state index in [9.17, 15) is 31.1 Å². The summed E-state index contributed by atoms with van der Waals surface area (Å²) in [6.45, 7) is 2.81. The Morgan fingerprint density at radius 1 is 1.00 bits per heavy atom. The highest BCUT2D eigenvalue weighted by Gasteiger charge is 2.36. The van der Waals surface area contributed by atoms with Crippen LogP contribution >= 0.6 is 0 Å². The number of carbonyl (C=O) groups is 1. The van der Waals surface area contributed by atoms with Gasteiger partial charge < -0.3 is 9.80 Å². The summed E-state index contributed by atoms with van der Waals surface area (Å²) in [5.74, 6) is -0.898. The van der Waals surface area contributed by atoms with Gasteiger partial charge in [0.2, 0.25) is 5.91 Å². The zero-order valence-electron chi connectivity index (χ0n) is 15.8. The van der Waals surface area contributed by atoms with Crippen LogP contribution in [0, 0.1) is 0 Å². The van der Waals surface area contributed by atoms with E-state index in [1.54, 1.807) is 6.07 Å². The van der Waals surface area contributed by atoms with E-state index < -0.39 is 30.2 Å². The van der Waals surface area contributed by atoms with Gasteiger partial charge in [-0.25, -0.2) is 0 Å². The van der Waals surface area contributed by atoms with E-state index in [1.807, 2.05) is 4.90 Å². The highest BCUT2D eigenvalue weighted by atomic mass is 19.4. The molecule has 162 valence electrons. The molecular weight excluding hydrogens is 400 g/mol. The second-order valence-corrected chi connectivity index (χ2v) is 7.50. The average molecular weight is 423 g/mol. The molecule has 1 aromatic rings. The number of amides is 1. The monoisotopic (exact) mass is 423 g/mol. The Morgan fingerprint density at radius 2 is 1.69 bits per heavy atom. The molecule has 2 heterocycles. The van der Waals surface area contributed by atoms with Crippen molar-refractivity contribution in [1.29, 1.82) is 0 Å². The van der Waals surface area contributed by atoms with E-state index >= 15 is 0 Å². The molecule has 10 heteroatoms. The Bertz CT molecular complexity index is 713. The van der Waals surface area contributed by atoms with Crippen molar-refractivity contribution in [3.05, 3.63) is 29.8 Å². The van der Waals surface area contributed by atoms with E-state index in [-0.39, 0.29) is 12.6 Å². The molecule has 0 N–H and O–H groups in total. The standard InChI is InChI=1S/C19H23F6N3O/c20-18(21,22)12-17(29)28-6-2-5-16(13-28)27-9-7-26(8-10-27)15-4-1-3-14(11-15)19(23,24)25/h1,3-4,11,16H,2,5-10,12-13H2. The van der Waals surface area contributed by atoms with Gasteiger partial charge in [0.1, 0.15) is 6.42 Å². The molecule has 1 amide bonds. The molecule has 0 saturated carbocycles. The Morgan fingerprint density at radius 3 is 2.31 bits per heavy atom. The van der Waals surface area contributed by atoms with Crippen molar-refractivity contribution in [1.82, 2.24) is 9.80 Å². The lowest BCUT2D eigenvalue weighted by Gasteiger charge is -2.44. The summed E-state index contributed by atoms with van der Waals surface area (Å²) in [5.41, 5.74) is -0.186. The summed E-state index contributed by atoms with van der Waals surface area (Å²) in [6.07, 6.45) is -8.92. The molecule has 1 atom stereocenters. The number of piperazine rings is 1. The van der Waals surface area contributed by atoms with E-state index in [0.717, 1.165) is 18.6 Å². The fourth-order valence-electron chi connectivity index (χ4n) is 3.99. The van der Waals surface area contributed by atoms with E-state index in [2.05, 4.69) is 4.90 Å². The number of hydrogen-bond donors (Lipinski definition) is 0. The fourth-order valence-corrected chi connectivity index (χ4v) is 3.99. The number of rotatable bonds is 3. The predicted octanol–water partition coefficient (Wildman–Crippen LogP) is 3.77. The summed E-state index contributed by atoms with van der Waals surface area (Å²) in [6, 6.07) is 5.17. The van der Waals surface area contributed by atoms with Gasteiger partial charge >= 0.3 is 12.4 Å². The summed E-state index contributed by atoms with van der Waals surface area (Å²) in [4.78, 5) is 17.2. The van der Waals surface area contributed by atoms with Crippen LogP contribution in [0.15, 0.2) is 24.3 Å². The SMILES string of the molecule is O=C(CC(F)(F)F)N1CCCC(N2CCN(c3cccc(C(F)(F)F)c3)CC2)C1. The minimum absolute atomic E-state index is 0.0235. The van der Waals surface area contributed by atoms with Crippen molar-refractivity contribution in [3.63, 3.8) is 0 Å². The van der Waals surface area contributed by atoms with Crippen LogP contribution in [0.4, 0.5) is 32.0 Å². The number of halogens is 6. The maximum atomic E-state index is 12.9. The second kappa shape index (κ2) is 8.41. The molecule has 0 aromatic heterocycles. The Labute approximate surface area is 165 Å². The predicted molar refractivity (Wildman–Crippen MR) is 95.5 cm³/mol. The maximum absolute atomic E-state index is 12.9. The van der Waals surface area contributed by atoms with Gasteiger partial charge in [-0.2, -0.15) is 26.3 Å². The molecule has 2 fully saturated rings. The highest BCUT2D eigenvalue weighted by Crippen LogP contribution is 2.32. The summed E-state index contributed by atoms with van der Waals surface area (Å²) in [5, 5.41) is 0. The topological polar surface area (TPSA) is 26.8 Å². The first-order chi connectivity index (χ1) is 13.5. The van der Waals surface area contributed by atoms with E-state index in [0.29, 0.717) is 44.8 Å². The Balaban J connectivity index is 1.56. The van der Waals surface area contributed by atoms with Gasteiger partial charge in [0.25, 0.3) is 0 Å². The highest BCUT2D eigenvalue weighted by molar-refractivity contribution is 5.77. The molecule has 0 bridgehead atoms. The molecule has 3 rings (SSSR count). The van der Waals surface area contributed by atoms with Gasteiger partial charge in [-0.1, -0.05) is 6.07 Å². The molecule has 2 aliphatic rings. The molecule has 2 saturated heterocycles. The normalized spacial score (nSPS) is 22.1. The zero-order chi connectivity index (χ0) is 21.2. The Hall–Kier alpha value is -1.97. The van der Waals surface area contributed by atoms with E-state index in [1.165, 1.54) is 11.0 Å². The third-order valence-electron chi connectivity index (χ3n) is 5.47. The molecule has 0 spiro atoms. The van der Waals surface area contributed by atoms with Crippen LogP contribution in [0.2, 0.25) is 0 Å². The number of anilines is 1. The van der Waals surface area contributed by atoms with Crippen LogP contribution < -0.4 is 4.90 Å². The molecule has 2 aliphatic heterocycles. The van der Waals surface area contributed by atoms with Crippen molar-refractivity contribution >= 4 is 11.6 Å². The summed E-state index contributed by atoms with van der Waals surface area (Å²) >= 11 is 0. The first-order valence-electron chi connectivity index (χ1n) is 9.54. The average Bonchev–Trinajstić information content (AvgIpc) is 2.66. The molecule has 29 heavy (non-hydrogen) atoms. The minimum Gasteiger partial charge on any atom is -0.369 e. The van der Waals surface area contributed by atoms with Crippen molar-refractivity contribution in [3.8, 4) is 0 Å².